The predicted octanol–water partition coefficient (Wildman–Crippen LogP) is 5.83. The van der Waals surface area contributed by atoms with E-state index in [1.807, 2.05) is 30.3 Å². The number of methoxy groups -OCH3 is 1. The molecule has 1 N–H and O–H groups in total. The standard InChI is InChI=1S/C24H19ClN2O4/c1-29-21-9-8-17(13-23(21)30-15-16-5-4-12-26-14-16)27-24(28)22-11-10-20(31-22)18-6-2-3-7-19(18)25/h2-14H,15H2,1H3,(H,27,28). The molecule has 0 radical (unpaired) electrons. The van der Waals surface area contributed by atoms with E-state index in [4.69, 9.17) is 25.5 Å². The van der Waals surface area contributed by atoms with Crippen molar-refractivity contribution in [3.8, 4) is 22.8 Å². The largest absolute Gasteiger partial charge is 0.493 e. The topological polar surface area (TPSA) is 73.6 Å². The predicted molar refractivity (Wildman–Crippen MR) is 119 cm³/mol. The molecule has 0 saturated heterocycles. The zero-order valence-corrected chi connectivity index (χ0v) is 17.4. The fraction of sp³-hybridized carbons (Fsp3) is 0.0833. The molecule has 0 aliphatic carbocycles. The van der Waals surface area contributed by atoms with Crippen molar-refractivity contribution in [3.63, 3.8) is 0 Å². The molecule has 0 aliphatic rings. The first-order valence-corrected chi connectivity index (χ1v) is 9.87. The highest BCUT2D eigenvalue weighted by Gasteiger charge is 2.15. The van der Waals surface area contributed by atoms with Crippen LogP contribution in [0.5, 0.6) is 11.5 Å². The summed E-state index contributed by atoms with van der Waals surface area (Å²) in [5.41, 5.74) is 2.18. The number of rotatable bonds is 7. The number of hydrogen-bond donors (Lipinski definition) is 1. The van der Waals surface area contributed by atoms with Crippen LogP contribution in [-0.4, -0.2) is 18.0 Å². The van der Waals surface area contributed by atoms with Crippen LogP contribution < -0.4 is 14.8 Å². The molecule has 7 heteroatoms. The van der Waals surface area contributed by atoms with Gasteiger partial charge in [0, 0.05) is 35.3 Å². The third-order valence-corrected chi connectivity index (χ3v) is 4.84. The summed E-state index contributed by atoms with van der Waals surface area (Å²) < 4.78 is 16.9. The normalized spacial score (nSPS) is 10.5. The fourth-order valence-electron chi connectivity index (χ4n) is 2.97. The lowest BCUT2D eigenvalue weighted by Crippen LogP contribution is -2.11. The molecule has 0 atom stereocenters. The van der Waals surface area contributed by atoms with Crippen LogP contribution in [0.3, 0.4) is 0 Å². The van der Waals surface area contributed by atoms with Gasteiger partial charge in [0.2, 0.25) is 0 Å². The van der Waals surface area contributed by atoms with Gasteiger partial charge in [-0.3, -0.25) is 9.78 Å². The Balaban J connectivity index is 1.49. The highest BCUT2D eigenvalue weighted by molar-refractivity contribution is 6.33. The summed E-state index contributed by atoms with van der Waals surface area (Å²) in [4.78, 5) is 16.7. The van der Waals surface area contributed by atoms with Crippen LogP contribution in [0.25, 0.3) is 11.3 Å². The van der Waals surface area contributed by atoms with Gasteiger partial charge in [-0.1, -0.05) is 29.8 Å². The van der Waals surface area contributed by atoms with Crippen molar-refractivity contribution in [3.05, 3.63) is 95.5 Å². The SMILES string of the molecule is COc1ccc(NC(=O)c2ccc(-c3ccccc3Cl)o2)cc1OCc1cccnc1. The van der Waals surface area contributed by atoms with Crippen molar-refractivity contribution in [2.45, 2.75) is 6.61 Å². The van der Waals surface area contributed by atoms with E-state index in [-0.39, 0.29) is 11.7 Å². The maximum Gasteiger partial charge on any atom is 0.291 e. The number of halogens is 1. The van der Waals surface area contributed by atoms with Gasteiger partial charge < -0.3 is 19.2 Å². The average molecular weight is 435 g/mol. The number of benzene rings is 2. The molecule has 6 nitrogen and oxygen atoms in total. The van der Waals surface area contributed by atoms with E-state index < -0.39 is 0 Å². The Bertz CT molecular complexity index is 1190. The smallest absolute Gasteiger partial charge is 0.291 e. The second kappa shape index (κ2) is 9.36. The molecule has 4 rings (SSSR count). The number of ether oxygens (including phenoxy) is 2. The second-order valence-electron chi connectivity index (χ2n) is 6.61. The molecule has 0 unspecified atom stereocenters. The molecule has 0 bridgehead atoms. The summed E-state index contributed by atoms with van der Waals surface area (Å²) >= 11 is 6.21. The summed E-state index contributed by atoms with van der Waals surface area (Å²) in [6.45, 7) is 0.320. The highest BCUT2D eigenvalue weighted by Crippen LogP contribution is 2.32. The quantitative estimate of drug-likeness (QED) is 0.396. The molecule has 2 aromatic carbocycles. The molecule has 1 amide bonds. The molecule has 2 aromatic heterocycles. The molecule has 0 saturated carbocycles. The number of carbonyl (C=O) groups is 1. The Hall–Kier alpha value is -3.77. The highest BCUT2D eigenvalue weighted by atomic mass is 35.5. The zero-order valence-electron chi connectivity index (χ0n) is 16.7. The number of hydrogen-bond acceptors (Lipinski definition) is 5. The number of carbonyl (C=O) groups excluding carboxylic acids is 1. The van der Waals surface area contributed by atoms with Crippen LogP contribution in [0, 0.1) is 0 Å². The van der Waals surface area contributed by atoms with Gasteiger partial charge in [-0.2, -0.15) is 0 Å². The van der Waals surface area contributed by atoms with Crippen molar-refractivity contribution in [1.82, 2.24) is 4.98 Å². The third kappa shape index (κ3) is 4.87. The first-order valence-electron chi connectivity index (χ1n) is 9.50. The molecule has 0 aliphatic heterocycles. The van der Waals surface area contributed by atoms with Crippen molar-refractivity contribution >= 4 is 23.2 Å². The van der Waals surface area contributed by atoms with Crippen LogP contribution in [0.15, 0.2) is 83.5 Å². The molecule has 0 spiro atoms. The van der Waals surface area contributed by atoms with Gasteiger partial charge in [-0.25, -0.2) is 0 Å². The van der Waals surface area contributed by atoms with E-state index in [1.54, 1.807) is 55.9 Å². The number of nitrogens with zero attached hydrogens (tertiary/aromatic N) is 1. The monoisotopic (exact) mass is 434 g/mol. The van der Waals surface area contributed by atoms with Crippen LogP contribution in [0.1, 0.15) is 16.1 Å². The molecule has 2 heterocycles. The number of amides is 1. The Morgan fingerprint density at radius 3 is 2.71 bits per heavy atom. The lowest BCUT2D eigenvalue weighted by atomic mass is 10.2. The molecular weight excluding hydrogens is 416 g/mol. The summed E-state index contributed by atoms with van der Waals surface area (Å²) in [6.07, 6.45) is 3.43. The Morgan fingerprint density at radius 2 is 1.94 bits per heavy atom. The zero-order chi connectivity index (χ0) is 21.6. The second-order valence-corrected chi connectivity index (χ2v) is 7.02. The lowest BCUT2D eigenvalue weighted by molar-refractivity contribution is 0.0997. The van der Waals surface area contributed by atoms with E-state index in [1.165, 1.54) is 0 Å². The van der Waals surface area contributed by atoms with Crippen LogP contribution in [0.4, 0.5) is 5.69 Å². The number of furan rings is 1. The lowest BCUT2D eigenvalue weighted by Gasteiger charge is -2.12. The summed E-state index contributed by atoms with van der Waals surface area (Å²) in [5.74, 6) is 1.36. The Kier molecular flexibility index (Phi) is 6.19. The van der Waals surface area contributed by atoms with Crippen LogP contribution in [0.2, 0.25) is 5.02 Å². The number of aromatic nitrogens is 1. The Labute approximate surface area is 184 Å². The number of nitrogens with one attached hydrogen (secondary N) is 1. The minimum Gasteiger partial charge on any atom is -0.493 e. The molecule has 31 heavy (non-hydrogen) atoms. The molecular formula is C24H19ClN2O4. The van der Waals surface area contributed by atoms with Gasteiger partial charge in [0.1, 0.15) is 12.4 Å². The van der Waals surface area contributed by atoms with E-state index in [0.29, 0.717) is 34.6 Å². The van der Waals surface area contributed by atoms with Gasteiger partial charge in [0.25, 0.3) is 5.91 Å². The van der Waals surface area contributed by atoms with Gasteiger partial charge >= 0.3 is 0 Å². The number of anilines is 1. The van der Waals surface area contributed by atoms with Gasteiger partial charge in [-0.05, 0) is 42.5 Å². The van der Waals surface area contributed by atoms with Crippen molar-refractivity contribution in [2.24, 2.45) is 0 Å². The van der Waals surface area contributed by atoms with Crippen molar-refractivity contribution in [1.29, 1.82) is 0 Å². The van der Waals surface area contributed by atoms with Gasteiger partial charge in [0.15, 0.2) is 17.3 Å². The van der Waals surface area contributed by atoms with Gasteiger partial charge in [0.05, 0.1) is 12.1 Å². The third-order valence-electron chi connectivity index (χ3n) is 4.51. The van der Waals surface area contributed by atoms with Crippen molar-refractivity contribution < 1.29 is 18.7 Å². The van der Waals surface area contributed by atoms with Crippen LogP contribution >= 0.6 is 11.6 Å². The number of pyridine rings is 1. The van der Waals surface area contributed by atoms with E-state index >= 15 is 0 Å². The first kappa shape index (κ1) is 20.5. The summed E-state index contributed by atoms with van der Waals surface area (Å²) in [7, 11) is 1.56. The summed E-state index contributed by atoms with van der Waals surface area (Å²) in [6, 6.07) is 19.5. The van der Waals surface area contributed by atoms with E-state index in [2.05, 4.69) is 10.3 Å². The summed E-state index contributed by atoms with van der Waals surface area (Å²) in [5, 5.41) is 3.36. The maximum absolute atomic E-state index is 12.7. The molecule has 156 valence electrons. The average Bonchev–Trinajstić information content (AvgIpc) is 3.29. The van der Waals surface area contributed by atoms with Crippen molar-refractivity contribution in [2.75, 3.05) is 12.4 Å². The van der Waals surface area contributed by atoms with Gasteiger partial charge in [-0.15, -0.1) is 0 Å². The molecule has 4 aromatic rings. The van der Waals surface area contributed by atoms with E-state index in [0.717, 1.165) is 11.1 Å². The Morgan fingerprint density at radius 1 is 1.06 bits per heavy atom. The fourth-order valence-corrected chi connectivity index (χ4v) is 3.20. The molecule has 0 fully saturated rings. The maximum atomic E-state index is 12.7. The first-order chi connectivity index (χ1) is 15.1. The van der Waals surface area contributed by atoms with E-state index in [9.17, 15) is 4.79 Å². The minimum absolute atomic E-state index is 0.170. The van der Waals surface area contributed by atoms with Crippen LogP contribution in [-0.2, 0) is 6.61 Å². The minimum atomic E-state index is -0.387.